The third-order valence-corrected chi connectivity index (χ3v) is 3.39. The molecule has 1 unspecified atom stereocenters. The van der Waals surface area contributed by atoms with Gasteiger partial charge in [-0.3, -0.25) is 0 Å². The number of rotatable bonds is 3. The first kappa shape index (κ1) is 13.0. The summed E-state index contributed by atoms with van der Waals surface area (Å²) in [6.07, 6.45) is 0.636. The van der Waals surface area contributed by atoms with E-state index in [4.69, 9.17) is 23.2 Å². The molecule has 18 heavy (non-hydrogen) atoms. The predicted octanol–water partition coefficient (Wildman–Crippen LogP) is 4.84. The van der Waals surface area contributed by atoms with E-state index in [0.29, 0.717) is 16.5 Å². The minimum Gasteiger partial charge on any atom is -0.198 e. The molecule has 0 radical (unpaired) electrons. The number of nitriles is 1. The molecule has 0 aliphatic rings. The molecule has 0 amide bonds. The van der Waals surface area contributed by atoms with E-state index in [1.54, 1.807) is 0 Å². The van der Waals surface area contributed by atoms with Gasteiger partial charge in [0, 0.05) is 10.0 Å². The van der Waals surface area contributed by atoms with Gasteiger partial charge < -0.3 is 0 Å². The first-order chi connectivity index (χ1) is 8.70. The lowest BCUT2D eigenvalue weighted by molar-refractivity contribution is 0.849. The van der Waals surface area contributed by atoms with Crippen molar-refractivity contribution in [3.8, 4) is 6.07 Å². The van der Waals surface area contributed by atoms with Crippen molar-refractivity contribution in [2.45, 2.75) is 12.3 Å². The highest BCUT2D eigenvalue weighted by atomic mass is 35.5. The van der Waals surface area contributed by atoms with Gasteiger partial charge in [0.25, 0.3) is 0 Å². The molecule has 0 bridgehead atoms. The lowest BCUT2D eigenvalue weighted by Gasteiger charge is -2.11. The molecule has 2 aromatic carbocycles. The molecule has 2 aromatic rings. The highest BCUT2D eigenvalue weighted by molar-refractivity contribution is 6.31. The monoisotopic (exact) mass is 275 g/mol. The van der Waals surface area contributed by atoms with Gasteiger partial charge in [0.1, 0.15) is 0 Å². The Labute approximate surface area is 117 Å². The van der Waals surface area contributed by atoms with E-state index in [1.807, 2.05) is 48.5 Å². The van der Waals surface area contributed by atoms with Gasteiger partial charge in [0.05, 0.1) is 12.0 Å². The van der Waals surface area contributed by atoms with Crippen molar-refractivity contribution in [2.75, 3.05) is 0 Å². The van der Waals surface area contributed by atoms with E-state index in [-0.39, 0.29) is 5.92 Å². The quantitative estimate of drug-likeness (QED) is 0.786. The van der Waals surface area contributed by atoms with Crippen LogP contribution in [0.25, 0.3) is 0 Å². The van der Waals surface area contributed by atoms with Gasteiger partial charge >= 0.3 is 0 Å². The molecule has 0 aliphatic carbocycles. The van der Waals surface area contributed by atoms with Gasteiger partial charge in [0.2, 0.25) is 0 Å². The molecule has 0 N–H and O–H groups in total. The summed E-state index contributed by atoms with van der Waals surface area (Å²) in [5.74, 6) is -0.236. The number of benzene rings is 2. The normalized spacial score (nSPS) is 11.8. The van der Waals surface area contributed by atoms with Gasteiger partial charge in [-0.05, 0) is 35.7 Å². The van der Waals surface area contributed by atoms with Gasteiger partial charge in [-0.25, -0.2) is 0 Å². The Morgan fingerprint density at radius 1 is 1.00 bits per heavy atom. The molecule has 90 valence electrons. The SMILES string of the molecule is N#CC(Cc1ccc(Cl)cc1)c1ccccc1Cl. The van der Waals surface area contributed by atoms with Crippen molar-refractivity contribution in [1.29, 1.82) is 5.26 Å². The van der Waals surface area contributed by atoms with Crippen LogP contribution in [0.4, 0.5) is 0 Å². The van der Waals surface area contributed by atoms with E-state index < -0.39 is 0 Å². The summed E-state index contributed by atoms with van der Waals surface area (Å²) in [6, 6.07) is 17.3. The lowest BCUT2D eigenvalue weighted by atomic mass is 9.93. The maximum Gasteiger partial charge on any atom is 0.0767 e. The van der Waals surface area contributed by atoms with E-state index in [1.165, 1.54) is 0 Å². The largest absolute Gasteiger partial charge is 0.198 e. The molecule has 0 saturated carbocycles. The molecule has 0 fully saturated rings. The molecular weight excluding hydrogens is 265 g/mol. The van der Waals surface area contributed by atoms with E-state index in [9.17, 15) is 5.26 Å². The average Bonchev–Trinajstić information content (AvgIpc) is 2.39. The third kappa shape index (κ3) is 3.04. The Bertz CT molecular complexity index is 570. The third-order valence-electron chi connectivity index (χ3n) is 2.79. The molecule has 0 aliphatic heterocycles. The smallest absolute Gasteiger partial charge is 0.0767 e. The first-order valence-electron chi connectivity index (χ1n) is 5.59. The van der Waals surface area contributed by atoms with Crippen LogP contribution in [0, 0.1) is 11.3 Å². The summed E-state index contributed by atoms with van der Waals surface area (Å²) in [7, 11) is 0. The maximum atomic E-state index is 9.29. The van der Waals surface area contributed by atoms with Crippen LogP contribution in [0.5, 0.6) is 0 Å². The van der Waals surface area contributed by atoms with Crippen LogP contribution >= 0.6 is 23.2 Å². The number of hydrogen-bond donors (Lipinski definition) is 0. The van der Waals surface area contributed by atoms with Crippen molar-refractivity contribution in [2.24, 2.45) is 0 Å². The molecule has 3 heteroatoms. The molecule has 1 atom stereocenters. The minimum absolute atomic E-state index is 0.236. The van der Waals surface area contributed by atoms with Crippen LogP contribution in [-0.2, 0) is 6.42 Å². The first-order valence-corrected chi connectivity index (χ1v) is 6.35. The molecule has 0 saturated heterocycles. The molecule has 2 rings (SSSR count). The highest BCUT2D eigenvalue weighted by Gasteiger charge is 2.14. The highest BCUT2D eigenvalue weighted by Crippen LogP contribution is 2.27. The van der Waals surface area contributed by atoms with E-state index >= 15 is 0 Å². The van der Waals surface area contributed by atoms with Crippen molar-refractivity contribution >= 4 is 23.2 Å². The molecule has 0 aromatic heterocycles. The summed E-state index contributed by atoms with van der Waals surface area (Å²) in [4.78, 5) is 0. The van der Waals surface area contributed by atoms with Crippen LogP contribution < -0.4 is 0 Å². The Balaban J connectivity index is 2.23. The van der Waals surface area contributed by atoms with Gasteiger partial charge in [-0.1, -0.05) is 53.5 Å². The zero-order valence-corrected chi connectivity index (χ0v) is 11.1. The summed E-state index contributed by atoms with van der Waals surface area (Å²) in [5.41, 5.74) is 1.95. The number of nitrogens with zero attached hydrogens (tertiary/aromatic N) is 1. The summed E-state index contributed by atoms with van der Waals surface area (Å²) < 4.78 is 0. The minimum atomic E-state index is -0.236. The molecular formula is C15H11Cl2N. The molecule has 0 spiro atoms. The Hall–Kier alpha value is -1.49. The van der Waals surface area contributed by atoms with Crippen molar-refractivity contribution in [3.05, 3.63) is 69.7 Å². The van der Waals surface area contributed by atoms with E-state index in [0.717, 1.165) is 11.1 Å². The van der Waals surface area contributed by atoms with Crippen molar-refractivity contribution in [1.82, 2.24) is 0 Å². The second kappa shape index (κ2) is 5.91. The predicted molar refractivity (Wildman–Crippen MR) is 75.0 cm³/mol. The molecule has 1 nitrogen and oxygen atoms in total. The fraction of sp³-hybridized carbons (Fsp3) is 0.133. The van der Waals surface area contributed by atoms with Gasteiger partial charge in [-0.2, -0.15) is 5.26 Å². The van der Waals surface area contributed by atoms with Crippen LogP contribution in [0.2, 0.25) is 10.0 Å². The summed E-state index contributed by atoms with van der Waals surface area (Å²) in [6.45, 7) is 0. The fourth-order valence-electron chi connectivity index (χ4n) is 1.84. The van der Waals surface area contributed by atoms with Crippen LogP contribution in [0.3, 0.4) is 0 Å². The van der Waals surface area contributed by atoms with Crippen molar-refractivity contribution in [3.63, 3.8) is 0 Å². The molecule has 0 heterocycles. The Kier molecular flexibility index (Phi) is 4.25. The topological polar surface area (TPSA) is 23.8 Å². The number of hydrogen-bond acceptors (Lipinski definition) is 1. The van der Waals surface area contributed by atoms with Crippen LogP contribution in [0.15, 0.2) is 48.5 Å². The zero-order valence-electron chi connectivity index (χ0n) is 9.61. The lowest BCUT2D eigenvalue weighted by Crippen LogP contribution is -2.01. The standard InChI is InChI=1S/C15H11Cl2N/c16-13-7-5-11(6-8-13)9-12(10-18)14-3-1-2-4-15(14)17/h1-8,12H,9H2. The number of halogens is 2. The summed E-state index contributed by atoms with van der Waals surface area (Å²) in [5, 5.41) is 10.6. The second-order valence-electron chi connectivity index (χ2n) is 4.03. The van der Waals surface area contributed by atoms with Gasteiger partial charge in [-0.15, -0.1) is 0 Å². The second-order valence-corrected chi connectivity index (χ2v) is 4.88. The van der Waals surface area contributed by atoms with Crippen molar-refractivity contribution < 1.29 is 0 Å². The fourth-order valence-corrected chi connectivity index (χ4v) is 2.23. The summed E-state index contributed by atoms with van der Waals surface area (Å²) >= 11 is 12.0. The Morgan fingerprint density at radius 3 is 2.28 bits per heavy atom. The van der Waals surface area contributed by atoms with Crippen LogP contribution in [0.1, 0.15) is 17.0 Å². The van der Waals surface area contributed by atoms with E-state index in [2.05, 4.69) is 6.07 Å². The average molecular weight is 276 g/mol. The zero-order chi connectivity index (χ0) is 13.0. The maximum absolute atomic E-state index is 9.29. The Morgan fingerprint density at radius 2 is 1.67 bits per heavy atom. The van der Waals surface area contributed by atoms with Crippen LogP contribution in [-0.4, -0.2) is 0 Å². The van der Waals surface area contributed by atoms with Gasteiger partial charge in [0.15, 0.2) is 0 Å².